The predicted octanol–water partition coefficient (Wildman–Crippen LogP) is 2.79. The number of thioether (sulfide) groups is 1. The Morgan fingerprint density at radius 2 is 2.00 bits per heavy atom. The molecule has 1 unspecified atom stereocenters. The van der Waals surface area contributed by atoms with Gasteiger partial charge in [-0.2, -0.15) is 11.8 Å². The van der Waals surface area contributed by atoms with E-state index < -0.39 is 0 Å². The van der Waals surface area contributed by atoms with Crippen molar-refractivity contribution in [2.45, 2.75) is 57.6 Å². The van der Waals surface area contributed by atoms with E-state index in [1.165, 1.54) is 12.8 Å². The number of hydrogen-bond acceptors (Lipinski definition) is 3. The van der Waals surface area contributed by atoms with Crippen LogP contribution in [0.4, 0.5) is 0 Å². The summed E-state index contributed by atoms with van der Waals surface area (Å²) in [6.07, 6.45) is 7.20. The van der Waals surface area contributed by atoms with Crippen LogP contribution in [0.5, 0.6) is 0 Å². The van der Waals surface area contributed by atoms with Crippen molar-refractivity contribution in [3.8, 4) is 0 Å². The van der Waals surface area contributed by atoms with Gasteiger partial charge in [-0.1, -0.05) is 20.8 Å². The molecule has 0 aromatic carbocycles. The molecular formula is C15H30N2OS. The van der Waals surface area contributed by atoms with Gasteiger partial charge in [0.15, 0.2) is 0 Å². The van der Waals surface area contributed by atoms with Gasteiger partial charge in [0.05, 0.1) is 0 Å². The maximum absolute atomic E-state index is 11.9. The quantitative estimate of drug-likeness (QED) is 0.721. The summed E-state index contributed by atoms with van der Waals surface area (Å²) in [7, 11) is 0. The number of nitrogens with two attached hydrogens (primary N) is 1. The normalized spacial score (nSPS) is 19.0. The summed E-state index contributed by atoms with van der Waals surface area (Å²) in [5.74, 6) is 0.727. The summed E-state index contributed by atoms with van der Waals surface area (Å²) in [5.41, 5.74) is 5.90. The fourth-order valence-corrected chi connectivity index (χ4v) is 3.18. The molecule has 0 aromatic rings. The van der Waals surface area contributed by atoms with Crippen molar-refractivity contribution in [1.29, 1.82) is 0 Å². The highest BCUT2D eigenvalue weighted by Gasteiger charge is 2.41. The zero-order chi connectivity index (χ0) is 14.5. The van der Waals surface area contributed by atoms with E-state index in [1.54, 1.807) is 0 Å². The Balaban J connectivity index is 2.27. The fourth-order valence-electron chi connectivity index (χ4n) is 2.46. The minimum Gasteiger partial charge on any atom is -0.355 e. The van der Waals surface area contributed by atoms with Crippen LogP contribution in [0.1, 0.15) is 52.9 Å². The lowest BCUT2D eigenvalue weighted by Gasteiger charge is -2.30. The second kappa shape index (κ2) is 6.98. The van der Waals surface area contributed by atoms with Gasteiger partial charge in [0.2, 0.25) is 5.91 Å². The first kappa shape index (κ1) is 16.8. The molecule has 1 rings (SSSR count). The van der Waals surface area contributed by atoms with Crippen LogP contribution < -0.4 is 11.1 Å². The topological polar surface area (TPSA) is 55.1 Å². The highest BCUT2D eigenvalue weighted by Crippen LogP contribution is 2.46. The molecule has 19 heavy (non-hydrogen) atoms. The first-order valence-electron chi connectivity index (χ1n) is 7.35. The van der Waals surface area contributed by atoms with Gasteiger partial charge < -0.3 is 11.1 Å². The lowest BCUT2D eigenvalue weighted by molar-refractivity contribution is -0.121. The molecule has 4 heteroatoms. The zero-order valence-electron chi connectivity index (χ0n) is 12.9. The first-order chi connectivity index (χ1) is 8.83. The third-order valence-corrected chi connectivity index (χ3v) is 5.73. The van der Waals surface area contributed by atoms with E-state index in [9.17, 15) is 4.79 Å². The molecule has 1 amide bonds. The molecule has 0 aliphatic heterocycles. The second-order valence-corrected chi connectivity index (χ2v) is 8.12. The van der Waals surface area contributed by atoms with Crippen molar-refractivity contribution < 1.29 is 4.79 Å². The van der Waals surface area contributed by atoms with Crippen molar-refractivity contribution >= 4 is 17.7 Å². The standard InChI is InChI=1S/C15H30N2OS/c1-14(2,3)12(7-10-16)5-6-13(18)17-11-15(19-4)8-9-15/h12H,5-11,16H2,1-4H3,(H,17,18). The fraction of sp³-hybridized carbons (Fsp3) is 0.933. The maximum Gasteiger partial charge on any atom is 0.220 e. The lowest BCUT2D eigenvalue weighted by atomic mass is 9.76. The first-order valence-corrected chi connectivity index (χ1v) is 8.57. The van der Waals surface area contributed by atoms with Gasteiger partial charge in [0, 0.05) is 17.7 Å². The molecule has 1 fully saturated rings. The van der Waals surface area contributed by atoms with E-state index in [2.05, 4.69) is 32.3 Å². The van der Waals surface area contributed by atoms with Crippen LogP contribution in [0.25, 0.3) is 0 Å². The number of nitrogens with one attached hydrogen (secondary N) is 1. The molecule has 1 atom stereocenters. The summed E-state index contributed by atoms with van der Waals surface area (Å²) in [6.45, 7) is 8.25. The average molecular weight is 286 g/mol. The van der Waals surface area contributed by atoms with Gasteiger partial charge >= 0.3 is 0 Å². The molecule has 1 saturated carbocycles. The van der Waals surface area contributed by atoms with E-state index in [4.69, 9.17) is 5.73 Å². The Morgan fingerprint density at radius 3 is 2.42 bits per heavy atom. The van der Waals surface area contributed by atoms with Gasteiger partial charge in [-0.05, 0) is 49.8 Å². The van der Waals surface area contributed by atoms with Crippen LogP contribution in [-0.4, -0.2) is 30.0 Å². The molecule has 3 nitrogen and oxygen atoms in total. The van der Waals surface area contributed by atoms with Gasteiger partial charge in [-0.25, -0.2) is 0 Å². The average Bonchev–Trinajstić information content (AvgIpc) is 3.11. The molecule has 1 aliphatic carbocycles. The highest BCUT2D eigenvalue weighted by molar-refractivity contribution is 8.00. The SMILES string of the molecule is CSC1(CNC(=O)CCC(CCN)C(C)(C)C)CC1. The number of carbonyl (C=O) groups excluding carboxylic acids is 1. The van der Waals surface area contributed by atoms with E-state index in [0.717, 1.165) is 19.4 Å². The van der Waals surface area contributed by atoms with E-state index >= 15 is 0 Å². The van der Waals surface area contributed by atoms with Gasteiger partial charge in [0.25, 0.3) is 0 Å². The second-order valence-electron chi connectivity index (χ2n) is 6.84. The van der Waals surface area contributed by atoms with Crippen molar-refractivity contribution in [3.05, 3.63) is 0 Å². The van der Waals surface area contributed by atoms with Crippen LogP contribution in [0.3, 0.4) is 0 Å². The smallest absolute Gasteiger partial charge is 0.220 e. The Hall–Kier alpha value is -0.220. The number of hydrogen-bond donors (Lipinski definition) is 2. The number of carbonyl (C=O) groups is 1. The summed E-state index contributed by atoms with van der Waals surface area (Å²) >= 11 is 1.89. The largest absolute Gasteiger partial charge is 0.355 e. The summed E-state index contributed by atoms with van der Waals surface area (Å²) in [5, 5.41) is 3.09. The van der Waals surface area contributed by atoms with Crippen molar-refractivity contribution in [2.24, 2.45) is 17.1 Å². The molecule has 3 N–H and O–H groups in total. The molecule has 0 heterocycles. The molecule has 0 spiro atoms. The third kappa shape index (κ3) is 5.74. The van der Waals surface area contributed by atoms with Gasteiger partial charge in [0.1, 0.15) is 0 Å². The Bertz CT molecular complexity index is 295. The van der Waals surface area contributed by atoms with Crippen LogP contribution >= 0.6 is 11.8 Å². The van der Waals surface area contributed by atoms with Crippen molar-refractivity contribution in [3.63, 3.8) is 0 Å². The molecule has 0 radical (unpaired) electrons. The lowest BCUT2D eigenvalue weighted by Crippen LogP contribution is -2.32. The molecule has 0 bridgehead atoms. The van der Waals surface area contributed by atoms with Crippen LogP contribution in [0.15, 0.2) is 0 Å². The highest BCUT2D eigenvalue weighted by atomic mass is 32.2. The Kier molecular flexibility index (Phi) is 6.18. The number of rotatable bonds is 8. The molecule has 0 saturated heterocycles. The van der Waals surface area contributed by atoms with E-state index in [1.807, 2.05) is 11.8 Å². The molecule has 1 aliphatic rings. The predicted molar refractivity (Wildman–Crippen MR) is 84.3 cm³/mol. The maximum atomic E-state index is 11.9. The van der Waals surface area contributed by atoms with E-state index in [0.29, 0.717) is 23.6 Å². The zero-order valence-corrected chi connectivity index (χ0v) is 13.7. The Morgan fingerprint density at radius 1 is 1.37 bits per heavy atom. The van der Waals surface area contributed by atoms with Crippen molar-refractivity contribution in [2.75, 3.05) is 19.3 Å². The molecular weight excluding hydrogens is 256 g/mol. The van der Waals surface area contributed by atoms with E-state index in [-0.39, 0.29) is 11.3 Å². The number of amides is 1. The minimum absolute atomic E-state index is 0.201. The van der Waals surface area contributed by atoms with Crippen molar-refractivity contribution in [1.82, 2.24) is 5.32 Å². The van der Waals surface area contributed by atoms with Crippen LogP contribution in [0, 0.1) is 11.3 Å². The van der Waals surface area contributed by atoms with Gasteiger partial charge in [-0.15, -0.1) is 0 Å². The monoisotopic (exact) mass is 286 g/mol. The molecule has 112 valence electrons. The van der Waals surface area contributed by atoms with Gasteiger partial charge in [-0.3, -0.25) is 4.79 Å². The molecule has 0 aromatic heterocycles. The summed E-state index contributed by atoms with van der Waals surface area (Å²) in [6, 6.07) is 0. The minimum atomic E-state index is 0.201. The summed E-state index contributed by atoms with van der Waals surface area (Å²) in [4.78, 5) is 11.9. The third-order valence-electron chi connectivity index (χ3n) is 4.31. The van der Waals surface area contributed by atoms with Crippen LogP contribution in [-0.2, 0) is 4.79 Å². The Labute approximate surface area is 122 Å². The van der Waals surface area contributed by atoms with Crippen LogP contribution in [0.2, 0.25) is 0 Å². The summed E-state index contributed by atoms with van der Waals surface area (Å²) < 4.78 is 0.357.